The molecule has 0 saturated carbocycles. The van der Waals surface area contributed by atoms with Crippen LogP contribution in [0.3, 0.4) is 0 Å². The summed E-state index contributed by atoms with van der Waals surface area (Å²) >= 11 is 4.33. The number of thiol groups is 1. The third-order valence-corrected chi connectivity index (χ3v) is 4.92. The van der Waals surface area contributed by atoms with Crippen LogP contribution in [0.25, 0.3) is 22.5 Å². The first kappa shape index (κ1) is 19.3. The minimum atomic E-state index is -0.132. The predicted octanol–water partition coefficient (Wildman–Crippen LogP) is 3.90. The van der Waals surface area contributed by atoms with E-state index in [2.05, 4.69) is 94.4 Å². The number of hydrogen-bond acceptors (Lipinski definition) is 6. The van der Waals surface area contributed by atoms with E-state index in [1.807, 2.05) is 22.9 Å². The highest BCUT2D eigenvalue weighted by Gasteiger charge is 2.21. The Hall–Kier alpha value is -3.00. The molecule has 1 N–H and O–H groups in total. The standard InChI is InChI=1S/C21H23N7S/c1-21(2,3)28-19(22-18(13-29)25-28)12-14-8-10-15(11-9-14)16-6-4-5-7-17(16)20-23-26-27-24-20/h4-11,29H,12-13H2,1-3H3,(H,23,24,26,27). The average molecular weight is 406 g/mol. The second-order valence-corrected chi connectivity index (χ2v) is 8.16. The van der Waals surface area contributed by atoms with Crippen molar-refractivity contribution in [2.75, 3.05) is 0 Å². The normalized spacial score (nSPS) is 11.7. The third-order valence-electron chi connectivity index (χ3n) is 4.64. The van der Waals surface area contributed by atoms with E-state index in [4.69, 9.17) is 0 Å². The van der Waals surface area contributed by atoms with Gasteiger partial charge in [0.2, 0.25) is 5.82 Å². The Kier molecular flexibility index (Phi) is 5.19. The molecule has 0 aliphatic carbocycles. The summed E-state index contributed by atoms with van der Waals surface area (Å²) in [7, 11) is 0. The number of tetrazole rings is 1. The first-order valence-electron chi connectivity index (χ1n) is 9.44. The van der Waals surface area contributed by atoms with Crippen LogP contribution in [-0.4, -0.2) is 35.4 Å². The number of H-pyrrole nitrogens is 1. The molecular weight excluding hydrogens is 382 g/mol. The summed E-state index contributed by atoms with van der Waals surface area (Å²) in [6.07, 6.45) is 0.713. The molecule has 8 heteroatoms. The van der Waals surface area contributed by atoms with Gasteiger partial charge in [-0.05, 0) is 42.7 Å². The molecule has 0 saturated heterocycles. The molecule has 0 radical (unpaired) electrons. The average Bonchev–Trinajstić information content (AvgIpc) is 3.38. The van der Waals surface area contributed by atoms with Gasteiger partial charge < -0.3 is 0 Å². The van der Waals surface area contributed by atoms with Crippen molar-refractivity contribution in [2.24, 2.45) is 0 Å². The maximum absolute atomic E-state index is 4.67. The van der Waals surface area contributed by atoms with Gasteiger partial charge in [-0.25, -0.2) is 9.67 Å². The summed E-state index contributed by atoms with van der Waals surface area (Å²) in [5.74, 6) is 2.81. The second kappa shape index (κ2) is 7.79. The summed E-state index contributed by atoms with van der Waals surface area (Å²) in [6.45, 7) is 6.39. The molecule has 4 rings (SSSR count). The fourth-order valence-electron chi connectivity index (χ4n) is 3.30. The lowest BCUT2D eigenvalue weighted by atomic mass is 9.97. The van der Waals surface area contributed by atoms with Gasteiger partial charge in [0.1, 0.15) is 5.82 Å². The molecule has 0 aliphatic rings. The molecule has 0 spiro atoms. The van der Waals surface area contributed by atoms with E-state index < -0.39 is 0 Å². The van der Waals surface area contributed by atoms with Crippen molar-refractivity contribution in [3.63, 3.8) is 0 Å². The molecule has 0 amide bonds. The van der Waals surface area contributed by atoms with Gasteiger partial charge in [0, 0.05) is 12.0 Å². The van der Waals surface area contributed by atoms with E-state index in [0.29, 0.717) is 18.0 Å². The van der Waals surface area contributed by atoms with Gasteiger partial charge in [0.25, 0.3) is 0 Å². The molecule has 29 heavy (non-hydrogen) atoms. The van der Waals surface area contributed by atoms with Crippen LogP contribution in [0.2, 0.25) is 0 Å². The molecule has 2 aromatic heterocycles. The number of rotatable bonds is 5. The lowest BCUT2D eigenvalue weighted by Crippen LogP contribution is -2.25. The first-order valence-corrected chi connectivity index (χ1v) is 10.1. The summed E-state index contributed by atoms with van der Waals surface area (Å²) in [5, 5.41) is 19.0. The number of nitrogens with zero attached hydrogens (tertiary/aromatic N) is 6. The largest absolute Gasteiger partial charge is 0.244 e. The zero-order valence-electron chi connectivity index (χ0n) is 16.7. The monoisotopic (exact) mass is 405 g/mol. The van der Waals surface area contributed by atoms with E-state index in [-0.39, 0.29) is 5.54 Å². The minimum Gasteiger partial charge on any atom is -0.244 e. The predicted molar refractivity (Wildman–Crippen MR) is 116 cm³/mol. The number of nitrogens with one attached hydrogen (secondary N) is 1. The van der Waals surface area contributed by atoms with Crippen molar-refractivity contribution < 1.29 is 0 Å². The molecule has 7 nitrogen and oxygen atoms in total. The zero-order valence-corrected chi connectivity index (χ0v) is 17.6. The van der Waals surface area contributed by atoms with Crippen molar-refractivity contribution in [2.45, 2.75) is 38.5 Å². The van der Waals surface area contributed by atoms with Gasteiger partial charge in [-0.1, -0.05) is 48.5 Å². The second-order valence-electron chi connectivity index (χ2n) is 7.84. The van der Waals surface area contributed by atoms with Gasteiger partial charge in [-0.2, -0.15) is 22.9 Å². The third kappa shape index (κ3) is 4.07. The van der Waals surface area contributed by atoms with Crippen LogP contribution in [0.1, 0.15) is 38.0 Å². The molecule has 2 heterocycles. The van der Waals surface area contributed by atoms with Crippen LogP contribution >= 0.6 is 12.6 Å². The molecule has 148 valence electrons. The molecule has 0 bridgehead atoms. The van der Waals surface area contributed by atoms with Crippen LogP contribution in [0.15, 0.2) is 48.5 Å². The van der Waals surface area contributed by atoms with Crippen LogP contribution in [-0.2, 0) is 17.7 Å². The zero-order chi connectivity index (χ0) is 20.4. The maximum Gasteiger partial charge on any atom is 0.205 e. The molecule has 0 fully saturated rings. The van der Waals surface area contributed by atoms with E-state index >= 15 is 0 Å². The van der Waals surface area contributed by atoms with Crippen LogP contribution in [0.4, 0.5) is 0 Å². The van der Waals surface area contributed by atoms with Gasteiger partial charge in [0.15, 0.2) is 5.82 Å². The maximum atomic E-state index is 4.67. The van der Waals surface area contributed by atoms with Crippen LogP contribution < -0.4 is 0 Å². The van der Waals surface area contributed by atoms with E-state index in [1.54, 1.807) is 0 Å². The van der Waals surface area contributed by atoms with Crippen molar-refractivity contribution in [3.05, 3.63) is 65.7 Å². The Morgan fingerprint density at radius 1 is 1.00 bits per heavy atom. The highest BCUT2D eigenvalue weighted by atomic mass is 32.1. The minimum absolute atomic E-state index is 0.132. The van der Waals surface area contributed by atoms with E-state index in [0.717, 1.165) is 28.3 Å². The molecule has 0 unspecified atom stereocenters. The number of aromatic nitrogens is 7. The highest BCUT2D eigenvalue weighted by molar-refractivity contribution is 7.79. The van der Waals surface area contributed by atoms with Gasteiger partial charge >= 0.3 is 0 Å². The molecule has 2 aromatic carbocycles. The fourth-order valence-corrected chi connectivity index (χ4v) is 3.43. The van der Waals surface area contributed by atoms with Crippen molar-refractivity contribution in [1.82, 2.24) is 35.4 Å². The molecule has 0 aliphatic heterocycles. The smallest absolute Gasteiger partial charge is 0.205 e. The first-order chi connectivity index (χ1) is 14.0. The van der Waals surface area contributed by atoms with Crippen molar-refractivity contribution in [1.29, 1.82) is 0 Å². The van der Waals surface area contributed by atoms with Crippen molar-refractivity contribution in [3.8, 4) is 22.5 Å². The highest BCUT2D eigenvalue weighted by Crippen LogP contribution is 2.30. The summed E-state index contributed by atoms with van der Waals surface area (Å²) in [6, 6.07) is 16.5. The topological polar surface area (TPSA) is 85.2 Å². The van der Waals surface area contributed by atoms with Crippen molar-refractivity contribution >= 4 is 12.6 Å². The van der Waals surface area contributed by atoms with Crippen LogP contribution in [0.5, 0.6) is 0 Å². The Morgan fingerprint density at radius 2 is 1.72 bits per heavy atom. The Bertz CT molecular complexity index is 1090. The Labute approximate surface area is 175 Å². The summed E-state index contributed by atoms with van der Waals surface area (Å²) in [5.41, 5.74) is 4.15. The molecule has 0 atom stereocenters. The number of hydrogen-bond donors (Lipinski definition) is 2. The lowest BCUT2D eigenvalue weighted by Gasteiger charge is -2.21. The van der Waals surface area contributed by atoms with Crippen LogP contribution in [0, 0.1) is 0 Å². The van der Waals surface area contributed by atoms with E-state index in [9.17, 15) is 0 Å². The SMILES string of the molecule is CC(C)(C)n1nc(CS)nc1Cc1ccc(-c2ccccc2-c2nn[nH]n2)cc1. The lowest BCUT2D eigenvalue weighted by molar-refractivity contribution is 0.342. The Balaban J connectivity index is 1.63. The summed E-state index contributed by atoms with van der Waals surface area (Å²) in [4.78, 5) is 4.67. The van der Waals surface area contributed by atoms with Gasteiger partial charge in [-0.15, -0.1) is 10.2 Å². The molecular formula is C21H23N7S. The fraction of sp³-hybridized carbons (Fsp3) is 0.286. The number of aromatic amines is 1. The van der Waals surface area contributed by atoms with E-state index in [1.165, 1.54) is 5.56 Å². The van der Waals surface area contributed by atoms with Gasteiger partial charge in [0.05, 0.1) is 11.3 Å². The quantitative estimate of drug-likeness (QED) is 0.492. The Morgan fingerprint density at radius 3 is 2.34 bits per heavy atom. The summed E-state index contributed by atoms with van der Waals surface area (Å²) < 4.78 is 2.00. The van der Waals surface area contributed by atoms with Gasteiger partial charge in [-0.3, -0.25) is 0 Å². The molecule has 4 aromatic rings. The number of benzene rings is 2.